The Morgan fingerprint density at radius 2 is 1.72 bits per heavy atom. The van der Waals surface area contributed by atoms with Crippen molar-refractivity contribution in [2.45, 2.75) is 38.3 Å². The summed E-state index contributed by atoms with van der Waals surface area (Å²) in [6, 6.07) is 8.69. The first kappa shape index (κ1) is 17.5. The molecule has 0 atom stereocenters. The van der Waals surface area contributed by atoms with E-state index >= 15 is 0 Å². The lowest BCUT2D eigenvalue weighted by Crippen LogP contribution is -2.10. The monoisotopic (exact) mass is 343 g/mol. The molecule has 0 amide bonds. The fraction of sp³-hybridized carbons (Fsp3) is 0.286. The summed E-state index contributed by atoms with van der Waals surface area (Å²) in [5.74, 6) is 0. The van der Waals surface area contributed by atoms with Crippen LogP contribution in [0.5, 0.6) is 0 Å². The maximum absolute atomic E-state index is 13.1. The summed E-state index contributed by atoms with van der Waals surface area (Å²) in [5.41, 5.74) is 4.31. The molecule has 1 aromatic carbocycles. The number of aromatic nitrogens is 1. The van der Waals surface area contributed by atoms with Crippen LogP contribution in [0.15, 0.2) is 49.7 Å². The molecule has 0 bridgehead atoms. The van der Waals surface area contributed by atoms with Gasteiger partial charge in [-0.1, -0.05) is 31.4 Å². The number of hydrogen-bond acceptors (Lipinski definition) is 1. The minimum Gasteiger partial charge on any atom is -0.256 e. The fourth-order valence-corrected chi connectivity index (χ4v) is 3.27. The van der Waals surface area contributed by atoms with Gasteiger partial charge in [-0.25, -0.2) is 0 Å². The lowest BCUT2D eigenvalue weighted by atomic mass is 9.95. The molecular weight excluding hydrogens is 323 g/mol. The highest BCUT2D eigenvalue weighted by atomic mass is 19.4. The van der Waals surface area contributed by atoms with Crippen LogP contribution in [-0.4, -0.2) is 4.98 Å². The van der Waals surface area contributed by atoms with Gasteiger partial charge in [0, 0.05) is 6.20 Å². The molecule has 1 aliphatic rings. The van der Waals surface area contributed by atoms with Crippen LogP contribution in [-0.2, 0) is 19.0 Å². The molecular formula is C21H20F3N. The zero-order valence-electron chi connectivity index (χ0n) is 14.0. The normalized spacial score (nSPS) is 13.6. The smallest absolute Gasteiger partial charge is 0.256 e. The number of aryl methyl sites for hydroxylation is 2. The van der Waals surface area contributed by atoms with Gasteiger partial charge in [-0.15, -0.1) is 0 Å². The number of alkyl halides is 3. The number of allylic oxidation sites excluding steroid dienone is 2. The van der Waals surface area contributed by atoms with E-state index in [-0.39, 0.29) is 5.69 Å². The molecule has 1 nitrogen and oxygen atoms in total. The number of hydrogen-bond donors (Lipinski definition) is 0. The molecule has 0 saturated carbocycles. The Morgan fingerprint density at radius 1 is 1.00 bits per heavy atom. The highest BCUT2D eigenvalue weighted by molar-refractivity contribution is 5.69. The SMILES string of the molecule is C=C(CCC(=C)c1ncccc1C(F)(F)F)c1ccc2c(c1)CCC2. The third kappa shape index (κ3) is 3.84. The number of pyridine rings is 1. The first-order valence-corrected chi connectivity index (χ1v) is 8.36. The standard InChI is InChI=1S/C21H20F3N/c1-14(17-11-10-16-5-3-6-18(16)13-17)8-9-15(2)20-19(21(22,23)24)7-4-12-25-20/h4,7,10-13H,1-3,5-6,8-9H2. The van der Waals surface area contributed by atoms with Crippen LogP contribution < -0.4 is 0 Å². The van der Waals surface area contributed by atoms with Gasteiger partial charge in [0.15, 0.2) is 0 Å². The number of halogens is 3. The van der Waals surface area contributed by atoms with Gasteiger partial charge in [0.2, 0.25) is 0 Å². The van der Waals surface area contributed by atoms with Crippen molar-refractivity contribution in [3.8, 4) is 0 Å². The summed E-state index contributed by atoms with van der Waals surface area (Å²) in [4.78, 5) is 3.89. The van der Waals surface area contributed by atoms with E-state index in [1.807, 2.05) is 0 Å². The molecule has 3 rings (SSSR count). The molecule has 0 fully saturated rings. The average molecular weight is 343 g/mol. The topological polar surface area (TPSA) is 12.9 Å². The zero-order chi connectivity index (χ0) is 18.0. The number of nitrogens with zero attached hydrogens (tertiary/aromatic N) is 1. The third-order valence-corrected chi connectivity index (χ3v) is 4.68. The molecule has 0 aliphatic heterocycles. The minimum absolute atomic E-state index is 0.0725. The summed E-state index contributed by atoms with van der Waals surface area (Å²) in [6.07, 6.45) is 1.29. The Kier molecular flexibility index (Phi) is 4.80. The Balaban J connectivity index is 1.70. The van der Waals surface area contributed by atoms with Crippen molar-refractivity contribution in [3.63, 3.8) is 0 Å². The lowest BCUT2D eigenvalue weighted by molar-refractivity contribution is -0.138. The number of rotatable bonds is 5. The second kappa shape index (κ2) is 6.87. The molecule has 1 aliphatic carbocycles. The van der Waals surface area contributed by atoms with E-state index in [2.05, 4.69) is 36.3 Å². The molecule has 2 aromatic rings. The summed E-state index contributed by atoms with van der Waals surface area (Å²) in [6.45, 7) is 7.92. The first-order valence-electron chi connectivity index (χ1n) is 8.36. The van der Waals surface area contributed by atoms with Crippen molar-refractivity contribution in [2.24, 2.45) is 0 Å². The molecule has 4 heteroatoms. The van der Waals surface area contributed by atoms with Gasteiger partial charge in [0.25, 0.3) is 0 Å². The Morgan fingerprint density at radius 3 is 2.48 bits per heavy atom. The van der Waals surface area contributed by atoms with Gasteiger partial charge in [-0.3, -0.25) is 4.98 Å². The highest BCUT2D eigenvalue weighted by Gasteiger charge is 2.34. The average Bonchev–Trinajstić information content (AvgIpc) is 3.06. The van der Waals surface area contributed by atoms with Crippen molar-refractivity contribution in [2.75, 3.05) is 0 Å². The van der Waals surface area contributed by atoms with Crippen LogP contribution in [0.2, 0.25) is 0 Å². The van der Waals surface area contributed by atoms with Crippen molar-refractivity contribution in [1.82, 2.24) is 4.98 Å². The second-order valence-electron chi connectivity index (χ2n) is 6.44. The Labute approximate surface area is 145 Å². The van der Waals surface area contributed by atoms with Crippen LogP contribution in [0.1, 0.15) is 47.2 Å². The number of fused-ring (bicyclic) bond motifs is 1. The number of benzene rings is 1. The molecule has 25 heavy (non-hydrogen) atoms. The van der Waals surface area contributed by atoms with Gasteiger partial charge in [-0.2, -0.15) is 13.2 Å². The molecule has 0 radical (unpaired) electrons. The minimum atomic E-state index is -4.43. The maximum atomic E-state index is 13.1. The van der Waals surface area contributed by atoms with Crippen molar-refractivity contribution in [3.05, 3.63) is 77.6 Å². The first-order chi connectivity index (χ1) is 11.9. The van der Waals surface area contributed by atoms with E-state index in [0.29, 0.717) is 18.4 Å². The highest BCUT2D eigenvalue weighted by Crippen LogP contribution is 2.35. The molecule has 1 heterocycles. The van der Waals surface area contributed by atoms with E-state index in [9.17, 15) is 13.2 Å². The molecule has 1 aromatic heterocycles. The molecule has 0 spiro atoms. The second-order valence-corrected chi connectivity index (χ2v) is 6.44. The summed E-state index contributed by atoms with van der Waals surface area (Å²) in [7, 11) is 0. The summed E-state index contributed by atoms with van der Waals surface area (Å²) >= 11 is 0. The van der Waals surface area contributed by atoms with Crippen molar-refractivity contribution in [1.29, 1.82) is 0 Å². The lowest BCUT2D eigenvalue weighted by Gasteiger charge is -2.14. The van der Waals surface area contributed by atoms with Gasteiger partial charge in [-0.05, 0) is 72.1 Å². The van der Waals surface area contributed by atoms with Crippen molar-refractivity contribution >= 4 is 11.1 Å². The zero-order valence-corrected chi connectivity index (χ0v) is 14.0. The van der Waals surface area contributed by atoms with Crippen LogP contribution >= 0.6 is 0 Å². The van der Waals surface area contributed by atoms with Crippen LogP contribution in [0.4, 0.5) is 13.2 Å². The third-order valence-electron chi connectivity index (χ3n) is 4.68. The van der Waals surface area contributed by atoms with E-state index < -0.39 is 11.7 Å². The summed E-state index contributed by atoms with van der Waals surface area (Å²) in [5, 5.41) is 0. The van der Waals surface area contributed by atoms with Crippen LogP contribution in [0, 0.1) is 0 Å². The van der Waals surface area contributed by atoms with Crippen LogP contribution in [0.3, 0.4) is 0 Å². The predicted molar refractivity (Wildman–Crippen MR) is 95.0 cm³/mol. The summed E-state index contributed by atoms with van der Waals surface area (Å²) < 4.78 is 39.3. The largest absolute Gasteiger partial charge is 0.418 e. The van der Waals surface area contributed by atoms with E-state index in [1.54, 1.807) is 0 Å². The van der Waals surface area contributed by atoms with Gasteiger partial charge >= 0.3 is 6.18 Å². The molecule has 0 saturated heterocycles. The molecule has 130 valence electrons. The van der Waals surface area contributed by atoms with Gasteiger partial charge in [0.05, 0.1) is 11.3 Å². The Hall–Kier alpha value is -2.36. The Bertz CT molecular complexity index is 818. The molecule has 0 N–H and O–H groups in total. The fourth-order valence-electron chi connectivity index (χ4n) is 3.27. The maximum Gasteiger partial charge on any atom is 0.418 e. The quantitative estimate of drug-likeness (QED) is 0.639. The van der Waals surface area contributed by atoms with E-state index in [0.717, 1.165) is 30.0 Å². The van der Waals surface area contributed by atoms with Crippen molar-refractivity contribution < 1.29 is 13.2 Å². The molecule has 0 unspecified atom stereocenters. The van der Waals surface area contributed by atoms with E-state index in [1.165, 1.54) is 29.8 Å². The predicted octanol–water partition coefficient (Wildman–Crippen LogP) is 6.10. The van der Waals surface area contributed by atoms with Gasteiger partial charge in [0.1, 0.15) is 0 Å². The van der Waals surface area contributed by atoms with Gasteiger partial charge < -0.3 is 0 Å². The van der Waals surface area contributed by atoms with E-state index in [4.69, 9.17) is 0 Å². The van der Waals surface area contributed by atoms with Crippen LogP contribution in [0.25, 0.3) is 11.1 Å².